The Balaban J connectivity index is 1.85. The summed E-state index contributed by atoms with van der Waals surface area (Å²) in [6.07, 6.45) is 5.23. The van der Waals surface area contributed by atoms with Gasteiger partial charge in [-0.1, -0.05) is 13.0 Å². The first-order valence-electron chi connectivity index (χ1n) is 6.63. The molecule has 1 aromatic rings. The molecule has 0 atom stereocenters. The minimum absolute atomic E-state index is 0.141. The topological polar surface area (TPSA) is 12.0 Å². The lowest BCUT2D eigenvalue weighted by Crippen LogP contribution is -2.32. The molecule has 94 valence electrons. The summed E-state index contributed by atoms with van der Waals surface area (Å²) in [5.41, 5.74) is 2.26. The van der Waals surface area contributed by atoms with Crippen molar-refractivity contribution in [1.29, 1.82) is 0 Å². The second-order valence-corrected chi connectivity index (χ2v) is 5.41. The second kappa shape index (κ2) is 5.63. The molecule has 1 N–H and O–H groups in total. The lowest BCUT2D eigenvalue weighted by atomic mass is 9.87. The van der Waals surface area contributed by atoms with Crippen molar-refractivity contribution in [3.63, 3.8) is 0 Å². The molecular weight excluding hydrogens is 213 g/mol. The van der Waals surface area contributed by atoms with E-state index in [-0.39, 0.29) is 5.82 Å². The van der Waals surface area contributed by atoms with Crippen molar-refractivity contribution in [2.75, 3.05) is 0 Å². The molecular formula is C15H22FN. The maximum Gasteiger partial charge on any atom is 0.123 e. The minimum atomic E-state index is -0.141. The molecule has 0 amide bonds. The van der Waals surface area contributed by atoms with Crippen LogP contribution in [-0.4, -0.2) is 6.04 Å². The highest BCUT2D eigenvalue weighted by atomic mass is 19.1. The molecule has 1 aliphatic carbocycles. The van der Waals surface area contributed by atoms with Crippen LogP contribution in [0.5, 0.6) is 0 Å². The first kappa shape index (κ1) is 12.6. The first-order chi connectivity index (χ1) is 8.15. The molecule has 0 bridgehead atoms. The zero-order chi connectivity index (χ0) is 12.3. The fourth-order valence-electron chi connectivity index (χ4n) is 2.58. The number of benzene rings is 1. The summed E-state index contributed by atoms with van der Waals surface area (Å²) in [6.45, 7) is 5.18. The first-order valence-corrected chi connectivity index (χ1v) is 6.63. The number of hydrogen-bond donors (Lipinski definition) is 1. The highest BCUT2D eigenvalue weighted by Crippen LogP contribution is 2.23. The third kappa shape index (κ3) is 3.53. The quantitative estimate of drug-likeness (QED) is 0.840. The fraction of sp³-hybridized carbons (Fsp3) is 0.600. The molecule has 0 unspecified atom stereocenters. The van der Waals surface area contributed by atoms with Crippen LogP contribution in [0.25, 0.3) is 0 Å². The number of nitrogens with one attached hydrogen (secondary N) is 1. The number of rotatable bonds is 3. The Labute approximate surface area is 103 Å². The van der Waals surface area contributed by atoms with E-state index in [1.54, 1.807) is 12.1 Å². The molecule has 1 aliphatic rings. The molecule has 1 aromatic carbocycles. The molecule has 1 nitrogen and oxygen atoms in total. The van der Waals surface area contributed by atoms with Crippen LogP contribution in [0.3, 0.4) is 0 Å². The molecule has 0 spiro atoms. The Morgan fingerprint density at radius 3 is 2.59 bits per heavy atom. The maximum absolute atomic E-state index is 13.0. The highest BCUT2D eigenvalue weighted by Gasteiger charge is 2.17. The van der Waals surface area contributed by atoms with Crippen LogP contribution in [-0.2, 0) is 6.54 Å². The van der Waals surface area contributed by atoms with Crippen molar-refractivity contribution < 1.29 is 4.39 Å². The second-order valence-electron chi connectivity index (χ2n) is 5.41. The third-order valence-corrected chi connectivity index (χ3v) is 3.90. The van der Waals surface area contributed by atoms with Crippen molar-refractivity contribution in [3.8, 4) is 0 Å². The summed E-state index contributed by atoms with van der Waals surface area (Å²) < 4.78 is 13.0. The van der Waals surface area contributed by atoms with Crippen LogP contribution in [0.2, 0.25) is 0 Å². The number of halogens is 1. The Bertz CT molecular complexity index is 367. The summed E-state index contributed by atoms with van der Waals surface area (Å²) in [5.74, 6) is 0.748. The van der Waals surface area contributed by atoms with Crippen molar-refractivity contribution in [3.05, 3.63) is 35.1 Å². The predicted octanol–water partition coefficient (Wildman–Crippen LogP) is 3.80. The Morgan fingerprint density at radius 2 is 1.94 bits per heavy atom. The van der Waals surface area contributed by atoms with Crippen molar-refractivity contribution in [1.82, 2.24) is 5.32 Å². The van der Waals surface area contributed by atoms with Crippen molar-refractivity contribution in [2.45, 2.75) is 52.1 Å². The SMILES string of the molecule is Cc1cc(F)ccc1CNC1CCC(C)CC1. The van der Waals surface area contributed by atoms with E-state index in [0.29, 0.717) is 6.04 Å². The van der Waals surface area contributed by atoms with Gasteiger partial charge < -0.3 is 5.32 Å². The van der Waals surface area contributed by atoms with Crippen LogP contribution < -0.4 is 5.32 Å². The molecule has 1 fully saturated rings. The predicted molar refractivity (Wildman–Crippen MR) is 69.4 cm³/mol. The molecule has 2 rings (SSSR count). The Hall–Kier alpha value is -0.890. The fourth-order valence-corrected chi connectivity index (χ4v) is 2.58. The summed E-state index contributed by atoms with van der Waals surface area (Å²) in [5, 5.41) is 3.60. The Kier molecular flexibility index (Phi) is 4.16. The third-order valence-electron chi connectivity index (χ3n) is 3.90. The van der Waals surface area contributed by atoms with E-state index in [1.165, 1.54) is 31.2 Å². The summed E-state index contributed by atoms with van der Waals surface area (Å²) >= 11 is 0. The van der Waals surface area contributed by atoms with Gasteiger partial charge in [0.25, 0.3) is 0 Å². The summed E-state index contributed by atoms with van der Waals surface area (Å²) in [6, 6.07) is 5.70. The van der Waals surface area contributed by atoms with Crippen LogP contribution in [0.4, 0.5) is 4.39 Å². The minimum Gasteiger partial charge on any atom is -0.310 e. The van der Waals surface area contributed by atoms with Crippen LogP contribution in [0.1, 0.15) is 43.7 Å². The largest absolute Gasteiger partial charge is 0.310 e. The average molecular weight is 235 g/mol. The van der Waals surface area contributed by atoms with Crippen LogP contribution >= 0.6 is 0 Å². The van der Waals surface area contributed by atoms with E-state index >= 15 is 0 Å². The molecule has 0 heterocycles. The monoisotopic (exact) mass is 235 g/mol. The highest BCUT2D eigenvalue weighted by molar-refractivity contribution is 5.26. The van der Waals surface area contributed by atoms with Gasteiger partial charge >= 0.3 is 0 Å². The average Bonchev–Trinajstić information content (AvgIpc) is 2.30. The maximum atomic E-state index is 13.0. The van der Waals surface area contributed by atoms with Crippen LogP contribution in [0.15, 0.2) is 18.2 Å². The smallest absolute Gasteiger partial charge is 0.123 e. The summed E-state index contributed by atoms with van der Waals surface area (Å²) in [4.78, 5) is 0. The zero-order valence-corrected chi connectivity index (χ0v) is 10.8. The zero-order valence-electron chi connectivity index (χ0n) is 10.8. The van der Waals surface area contributed by atoms with E-state index in [4.69, 9.17) is 0 Å². The van der Waals surface area contributed by atoms with Crippen molar-refractivity contribution >= 4 is 0 Å². The van der Waals surface area contributed by atoms with E-state index in [0.717, 1.165) is 18.0 Å². The van der Waals surface area contributed by atoms with Gasteiger partial charge in [-0.15, -0.1) is 0 Å². The van der Waals surface area contributed by atoms with E-state index in [2.05, 4.69) is 12.2 Å². The number of aryl methyl sites for hydroxylation is 1. The standard InChI is InChI=1S/C15H22FN/c1-11-3-7-15(8-4-11)17-10-13-5-6-14(16)9-12(13)2/h5-6,9,11,15,17H,3-4,7-8,10H2,1-2H3. The van der Waals surface area contributed by atoms with E-state index < -0.39 is 0 Å². The molecule has 0 aromatic heterocycles. The molecule has 1 saturated carbocycles. The molecule has 0 radical (unpaired) electrons. The van der Waals surface area contributed by atoms with Gasteiger partial charge in [0, 0.05) is 12.6 Å². The lowest BCUT2D eigenvalue weighted by molar-refractivity contribution is 0.306. The van der Waals surface area contributed by atoms with Gasteiger partial charge in [0.15, 0.2) is 0 Å². The molecule has 0 saturated heterocycles. The number of hydrogen-bond acceptors (Lipinski definition) is 1. The van der Waals surface area contributed by atoms with Gasteiger partial charge in [0.1, 0.15) is 5.82 Å². The lowest BCUT2D eigenvalue weighted by Gasteiger charge is -2.27. The van der Waals surface area contributed by atoms with E-state index in [1.807, 2.05) is 13.0 Å². The van der Waals surface area contributed by atoms with Gasteiger partial charge in [0.2, 0.25) is 0 Å². The van der Waals surface area contributed by atoms with E-state index in [9.17, 15) is 4.39 Å². The Morgan fingerprint density at radius 1 is 1.24 bits per heavy atom. The van der Waals surface area contributed by atoms with Gasteiger partial charge in [-0.25, -0.2) is 4.39 Å². The summed E-state index contributed by atoms with van der Waals surface area (Å²) in [7, 11) is 0. The molecule has 2 heteroatoms. The normalized spacial score (nSPS) is 24.9. The molecule has 0 aliphatic heterocycles. The van der Waals surface area contributed by atoms with Gasteiger partial charge in [-0.2, -0.15) is 0 Å². The van der Waals surface area contributed by atoms with Gasteiger partial charge in [-0.3, -0.25) is 0 Å². The van der Waals surface area contributed by atoms with Gasteiger partial charge in [-0.05, 0) is 61.8 Å². The van der Waals surface area contributed by atoms with Crippen molar-refractivity contribution in [2.24, 2.45) is 5.92 Å². The van der Waals surface area contributed by atoms with Gasteiger partial charge in [0.05, 0.1) is 0 Å². The molecule has 17 heavy (non-hydrogen) atoms. The van der Waals surface area contributed by atoms with Crippen LogP contribution in [0, 0.1) is 18.7 Å².